The van der Waals surface area contributed by atoms with Gasteiger partial charge in [0.15, 0.2) is 0 Å². The number of nitrogens with zero attached hydrogens (tertiary/aromatic N) is 1. The van der Waals surface area contributed by atoms with Crippen LogP contribution in [0.2, 0.25) is 0 Å². The lowest BCUT2D eigenvalue weighted by Crippen LogP contribution is -2.28. The van der Waals surface area contributed by atoms with E-state index in [1.807, 2.05) is 0 Å². The number of carbonyl (C=O) groups is 2. The summed E-state index contributed by atoms with van der Waals surface area (Å²) in [6.07, 6.45) is 1.62. The Balaban J connectivity index is 1.81. The van der Waals surface area contributed by atoms with Gasteiger partial charge in [-0.25, -0.2) is 18.0 Å². The van der Waals surface area contributed by atoms with Crippen molar-refractivity contribution in [3.63, 3.8) is 0 Å². The summed E-state index contributed by atoms with van der Waals surface area (Å²) < 4.78 is 46.1. The van der Waals surface area contributed by atoms with Crippen molar-refractivity contribution < 1.29 is 27.5 Å². The summed E-state index contributed by atoms with van der Waals surface area (Å²) in [4.78, 5) is 29.8. The van der Waals surface area contributed by atoms with Crippen LogP contribution in [0.25, 0.3) is 16.5 Å². The first-order valence-electron chi connectivity index (χ1n) is 9.34. The fourth-order valence-electron chi connectivity index (χ4n) is 3.58. The number of hydrogen-bond donors (Lipinski definition) is 1. The number of esters is 1. The van der Waals surface area contributed by atoms with Gasteiger partial charge in [-0.2, -0.15) is 0 Å². The number of ether oxygens (including phenoxy) is 1. The third kappa shape index (κ3) is 3.45. The van der Waals surface area contributed by atoms with Crippen molar-refractivity contribution in [1.29, 1.82) is 0 Å². The van der Waals surface area contributed by atoms with Crippen molar-refractivity contribution in [3.8, 4) is 0 Å². The number of aromatic amines is 1. The van der Waals surface area contributed by atoms with Crippen molar-refractivity contribution in [2.45, 2.75) is 13.3 Å². The molecule has 30 heavy (non-hydrogen) atoms. The minimum Gasteiger partial charge on any atom is -0.462 e. The second-order valence-corrected chi connectivity index (χ2v) is 6.80. The van der Waals surface area contributed by atoms with Crippen LogP contribution in [-0.4, -0.2) is 34.9 Å². The van der Waals surface area contributed by atoms with Crippen molar-refractivity contribution in [2.75, 3.05) is 13.2 Å². The number of H-pyrrole nitrogens is 1. The van der Waals surface area contributed by atoms with E-state index in [-0.39, 0.29) is 24.3 Å². The highest BCUT2D eigenvalue weighted by Crippen LogP contribution is 2.32. The summed E-state index contributed by atoms with van der Waals surface area (Å²) in [6.45, 7) is 1.89. The van der Waals surface area contributed by atoms with Crippen molar-refractivity contribution >= 4 is 28.4 Å². The smallest absolute Gasteiger partial charge is 0.341 e. The lowest BCUT2D eigenvalue weighted by Gasteiger charge is -2.18. The minimum atomic E-state index is -0.991. The molecule has 8 heteroatoms. The van der Waals surface area contributed by atoms with Crippen LogP contribution in [0.5, 0.6) is 0 Å². The van der Waals surface area contributed by atoms with Crippen LogP contribution in [0.1, 0.15) is 28.5 Å². The van der Waals surface area contributed by atoms with E-state index in [2.05, 4.69) is 4.98 Å². The Morgan fingerprint density at radius 3 is 2.57 bits per heavy atom. The molecule has 0 radical (unpaired) electrons. The zero-order valence-corrected chi connectivity index (χ0v) is 16.0. The van der Waals surface area contributed by atoms with Gasteiger partial charge in [0.1, 0.15) is 17.5 Å². The lowest BCUT2D eigenvalue weighted by atomic mass is 10.0. The summed E-state index contributed by atoms with van der Waals surface area (Å²) in [7, 11) is 0. The van der Waals surface area contributed by atoms with E-state index in [1.54, 1.807) is 13.0 Å². The van der Waals surface area contributed by atoms with Gasteiger partial charge in [0.25, 0.3) is 5.91 Å². The molecule has 3 aromatic rings. The molecule has 5 nitrogen and oxygen atoms in total. The van der Waals surface area contributed by atoms with Crippen LogP contribution in [0, 0.1) is 17.5 Å². The number of nitrogens with one attached hydrogen (secondary N) is 1. The van der Waals surface area contributed by atoms with E-state index in [9.17, 15) is 22.8 Å². The average Bonchev–Trinajstić information content (AvgIpc) is 2.93. The maximum absolute atomic E-state index is 14.1. The zero-order chi connectivity index (χ0) is 21.4. The third-order valence-corrected chi connectivity index (χ3v) is 4.94. The van der Waals surface area contributed by atoms with Crippen LogP contribution in [0.15, 0.2) is 42.6 Å². The van der Waals surface area contributed by atoms with E-state index in [4.69, 9.17) is 4.74 Å². The molecule has 1 aliphatic heterocycles. The molecule has 0 saturated heterocycles. The average molecular weight is 414 g/mol. The second-order valence-electron chi connectivity index (χ2n) is 6.80. The number of rotatable bonds is 3. The number of aromatic nitrogens is 1. The van der Waals surface area contributed by atoms with Gasteiger partial charge in [-0.05, 0) is 49.2 Å². The molecule has 2 aromatic carbocycles. The first kappa shape index (κ1) is 19.8. The number of amides is 1. The predicted molar refractivity (Wildman–Crippen MR) is 104 cm³/mol. The molecule has 1 aliphatic rings. The Morgan fingerprint density at radius 2 is 1.83 bits per heavy atom. The summed E-state index contributed by atoms with van der Waals surface area (Å²) in [5, 5.41) is 0.712. The van der Waals surface area contributed by atoms with Gasteiger partial charge in [-0.15, -0.1) is 0 Å². The Kier molecular flexibility index (Phi) is 5.07. The topological polar surface area (TPSA) is 62.4 Å². The Bertz CT molecular complexity index is 1200. The SMILES string of the molecule is CCOC(=O)C1=CN(C(=O)c2ccc(F)cc2F)CCc2c1[nH]c1cc(F)ccc21. The van der Waals surface area contributed by atoms with Gasteiger partial charge in [0.05, 0.1) is 23.4 Å². The van der Waals surface area contributed by atoms with E-state index in [1.165, 1.54) is 23.2 Å². The predicted octanol–water partition coefficient (Wildman–Crippen LogP) is 4.19. The van der Waals surface area contributed by atoms with Crippen LogP contribution in [-0.2, 0) is 16.0 Å². The van der Waals surface area contributed by atoms with E-state index in [0.29, 0.717) is 29.1 Å². The molecule has 0 bridgehead atoms. The maximum atomic E-state index is 14.1. The monoisotopic (exact) mass is 414 g/mol. The van der Waals surface area contributed by atoms with E-state index >= 15 is 0 Å². The second kappa shape index (κ2) is 7.70. The van der Waals surface area contributed by atoms with Gasteiger partial charge in [0.2, 0.25) is 0 Å². The maximum Gasteiger partial charge on any atom is 0.341 e. The number of fused-ring (bicyclic) bond motifs is 3. The van der Waals surface area contributed by atoms with Crippen molar-refractivity contribution in [1.82, 2.24) is 9.88 Å². The highest BCUT2D eigenvalue weighted by molar-refractivity contribution is 6.18. The van der Waals surface area contributed by atoms with Gasteiger partial charge < -0.3 is 14.6 Å². The molecule has 1 amide bonds. The molecule has 154 valence electrons. The number of halogens is 3. The lowest BCUT2D eigenvalue weighted by molar-refractivity contribution is -0.136. The molecule has 0 spiro atoms. The van der Waals surface area contributed by atoms with E-state index in [0.717, 1.165) is 17.7 Å². The summed E-state index contributed by atoms with van der Waals surface area (Å²) in [5.41, 5.74) is 1.41. The molecular formula is C22H17F3N2O3. The zero-order valence-electron chi connectivity index (χ0n) is 16.0. The molecule has 0 saturated carbocycles. The van der Waals surface area contributed by atoms with Crippen LogP contribution in [0.3, 0.4) is 0 Å². The Labute approximate surface area is 169 Å². The molecule has 1 aromatic heterocycles. The van der Waals surface area contributed by atoms with Crippen LogP contribution < -0.4 is 0 Å². The van der Waals surface area contributed by atoms with Gasteiger partial charge in [0, 0.05) is 29.7 Å². The highest BCUT2D eigenvalue weighted by Gasteiger charge is 2.28. The van der Waals surface area contributed by atoms with Gasteiger partial charge in [-0.3, -0.25) is 4.79 Å². The molecule has 1 N–H and O–H groups in total. The molecule has 0 aliphatic carbocycles. The third-order valence-electron chi connectivity index (χ3n) is 4.94. The molecular weight excluding hydrogens is 397 g/mol. The van der Waals surface area contributed by atoms with Crippen molar-refractivity contribution in [2.24, 2.45) is 0 Å². The number of benzene rings is 2. The molecule has 0 atom stereocenters. The largest absolute Gasteiger partial charge is 0.462 e. The molecule has 0 unspecified atom stereocenters. The standard InChI is InChI=1S/C22H17F3N2O3/c1-2-30-22(29)17-11-27(21(28)16-6-4-12(23)9-18(16)25)8-7-15-14-5-3-13(24)10-19(14)26-20(15)17/h3-6,9-11,26H,2,7-8H2,1H3. The molecule has 2 heterocycles. The summed E-state index contributed by atoms with van der Waals surface area (Å²) >= 11 is 0. The summed E-state index contributed by atoms with van der Waals surface area (Å²) in [5.74, 6) is -3.60. The first-order chi connectivity index (χ1) is 14.4. The fraction of sp³-hybridized carbons (Fsp3) is 0.182. The van der Waals surface area contributed by atoms with Crippen LogP contribution >= 0.6 is 0 Å². The van der Waals surface area contributed by atoms with E-state index < -0.39 is 29.3 Å². The highest BCUT2D eigenvalue weighted by atomic mass is 19.1. The Hall–Kier alpha value is -3.55. The van der Waals surface area contributed by atoms with Crippen molar-refractivity contribution in [3.05, 3.63) is 76.9 Å². The number of hydrogen-bond acceptors (Lipinski definition) is 3. The normalized spacial score (nSPS) is 13.6. The molecule has 0 fully saturated rings. The molecule has 4 rings (SSSR count). The fourth-order valence-corrected chi connectivity index (χ4v) is 3.58. The number of carbonyl (C=O) groups excluding carboxylic acids is 2. The minimum absolute atomic E-state index is 0.0665. The first-order valence-corrected chi connectivity index (χ1v) is 9.34. The van der Waals surface area contributed by atoms with Gasteiger partial charge >= 0.3 is 5.97 Å². The van der Waals surface area contributed by atoms with Gasteiger partial charge in [-0.1, -0.05) is 0 Å². The quantitative estimate of drug-likeness (QED) is 0.654. The Morgan fingerprint density at radius 1 is 1.10 bits per heavy atom. The summed E-state index contributed by atoms with van der Waals surface area (Å²) in [6, 6.07) is 6.92. The van der Waals surface area contributed by atoms with Crippen LogP contribution in [0.4, 0.5) is 13.2 Å².